The molecule has 0 fully saturated rings. The molecule has 0 heterocycles. The molecule has 0 rings (SSSR count). The van der Waals surface area contributed by atoms with Gasteiger partial charge in [0.2, 0.25) is 0 Å². The molecule has 0 aliphatic rings. The van der Waals surface area contributed by atoms with Gasteiger partial charge in [0, 0.05) is 13.3 Å². The highest BCUT2D eigenvalue weighted by molar-refractivity contribution is 7.92. The van der Waals surface area contributed by atoms with Gasteiger partial charge in [-0.1, -0.05) is 0 Å². The number of nitrogens with zero attached hydrogens (tertiary/aromatic N) is 1. The largest absolute Gasteiger partial charge is 0.319 e. The number of rotatable bonds is 1. The first-order valence-corrected chi connectivity index (χ1v) is 3.99. The Morgan fingerprint density at radius 1 is 1.86 bits per heavy atom. The van der Waals surface area contributed by atoms with Crippen LogP contribution in [0.3, 0.4) is 0 Å². The second-order valence-corrected chi connectivity index (χ2v) is 3.93. The van der Waals surface area contributed by atoms with Crippen LogP contribution in [0.25, 0.3) is 0 Å². The fourth-order valence-corrected chi connectivity index (χ4v) is 0.224. The topological polar surface area (TPSA) is 55.5 Å². The molecule has 44 valence electrons. The van der Waals surface area contributed by atoms with Crippen LogP contribution in [0.4, 0.5) is 0 Å². The molecule has 4 heteroatoms. The van der Waals surface area contributed by atoms with E-state index in [1.807, 2.05) is 0 Å². The van der Waals surface area contributed by atoms with Crippen LogP contribution in [0.2, 0.25) is 0 Å². The predicted octanol–water partition coefficient (Wildman–Crippen LogP) is -0.370. The summed E-state index contributed by atoms with van der Waals surface area (Å²) in [6, 6.07) is 0. The van der Waals surface area contributed by atoms with Crippen molar-refractivity contribution in [3.8, 4) is 0 Å². The zero-order valence-corrected chi connectivity index (χ0v) is 5.36. The first-order chi connectivity index (χ1) is 3.12. The van der Waals surface area contributed by atoms with E-state index >= 15 is 0 Å². The molecule has 0 spiro atoms. The minimum absolute atomic E-state index is 0.156. The van der Waals surface area contributed by atoms with E-state index in [0.29, 0.717) is 0 Å². The maximum absolute atomic E-state index is 10.6. The van der Waals surface area contributed by atoms with Gasteiger partial charge < -0.3 is 5.73 Å². The first kappa shape index (κ1) is 6.91. The van der Waals surface area contributed by atoms with E-state index < -0.39 is 9.73 Å². The molecule has 0 radical (unpaired) electrons. The maximum Gasteiger partial charge on any atom is 0.0778 e. The minimum Gasteiger partial charge on any atom is -0.319 e. The third-order valence-corrected chi connectivity index (χ3v) is 2.09. The molecule has 0 bridgehead atoms. The summed E-state index contributed by atoms with van der Waals surface area (Å²) < 4.78 is 14.2. The maximum atomic E-state index is 10.6. The third kappa shape index (κ3) is 2.59. The Kier molecular flexibility index (Phi) is 2.25. The van der Waals surface area contributed by atoms with Gasteiger partial charge in [-0.25, -0.2) is 8.57 Å². The van der Waals surface area contributed by atoms with E-state index in [-0.39, 0.29) is 5.88 Å². The molecule has 1 unspecified atom stereocenters. The number of nitrogens with two attached hydrogens (primary N) is 1. The normalized spacial score (nSPS) is 18.1. The summed E-state index contributed by atoms with van der Waals surface area (Å²) in [5.41, 5.74) is 5.05. The van der Waals surface area contributed by atoms with Crippen molar-refractivity contribution in [2.45, 2.75) is 0 Å². The van der Waals surface area contributed by atoms with E-state index in [2.05, 4.69) is 4.36 Å². The molecule has 0 amide bonds. The minimum atomic E-state index is -2.00. The van der Waals surface area contributed by atoms with Crippen LogP contribution in [0.5, 0.6) is 0 Å². The Morgan fingerprint density at radius 3 is 2.29 bits per heavy atom. The molecular formula is C3H10N2OS. The first-order valence-electron chi connectivity index (χ1n) is 1.90. The van der Waals surface area contributed by atoms with Gasteiger partial charge in [-0.3, -0.25) is 0 Å². The highest BCUT2D eigenvalue weighted by Gasteiger charge is 1.89. The van der Waals surface area contributed by atoms with Gasteiger partial charge in [0.1, 0.15) is 0 Å². The van der Waals surface area contributed by atoms with Crippen molar-refractivity contribution < 1.29 is 4.21 Å². The van der Waals surface area contributed by atoms with Crippen molar-refractivity contribution in [1.29, 1.82) is 0 Å². The fraction of sp³-hybridized carbons (Fsp3) is 1.00. The summed E-state index contributed by atoms with van der Waals surface area (Å²) >= 11 is 0. The molecule has 0 saturated carbocycles. The lowest BCUT2D eigenvalue weighted by Gasteiger charge is -1.92. The second-order valence-electron chi connectivity index (χ2n) is 1.31. The number of hydrogen-bond acceptors (Lipinski definition) is 3. The van der Waals surface area contributed by atoms with Crippen molar-refractivity contribution in [1.82, 2.24) is 0 Å². The third-order valence-electron chi connectivity index (χ3n) is 0.695. The standard InChI is InChI=1S/C3H10N2OS/c1-5-7(2,6)3-4/h3-4H2,1-2H3. The summed E-state index contributed by atoms with van der Waals surface area (Å²) in [7, 11) is -0.496. The van der Waals surface area contributed by atoms with E-state index in [9.17, 15) is 4.21 Å². The Labute approximate surface area is 44.1 Å². The summed E-state index contributed by atoms with van der Waals surface area (Å²) in [5.74, 6) is 0.156. The van der Waals surface area contributed by atoms with Crippen LogP contribution in [0.1, 0.15) is 0 Å². The quantitative estimate of drug-likeness (QED) is 0.516. The van der Waals surface area contributed by atoms with Crippen molar-refractivity contribution in [3.05, 3.63) is 0 Å². The highest BCUT2D eigenvalue weighted by Crippen LogP contribution is 1.80. The molecule has 0 aromatic carbocycles. The zero-order valence-electron chi connectivity index (χ0n) is 4.55. The highest BCUT2D eigenvalue weighted by atomic mass is 32.2. The van der Waals surface area contributed by atoms with E-state index in [0.717, 1.165) is 0 Å². The summed E-state index contributed by atoms with van der Waals surface area (Å²) in [6.45, 7) is 0. The van der Waals surface area contributed by atoms with Crippen molar-refractivity contribution >= 4 is 9.73 Å². The predicted molar refractivity (Wildman–Crippen MR) is 31.5 cm³/mol. The number of hydrogen-bond donors (Lipinski definition) is 1. The Bertz CT molecular complexity index is 145. The molecule has 7 heavy (non-hydrogen) atoms. The average molecular weight is 122 g/mol. The van der Waals surface area contributed by atoms with E-state index in [1.165, 1.54) is 13.3 Å². The molecular weight excluding hydrogens is 112 g/mol. The summed E-state index contributed by atoms with van der Waals surface area (Å²) in [5, 5.41) is 0. The Balaban J connectivity index is 4.17. The lowest BCUT2D eigenvalue weighted by molar-refractivity contribution is 0.680. The lowest BCUT2D eigenvalue weighted by Crippen LogP contribution is -2.11. The average Bonchev–Trinajstić information content (AvgIpc) is 1.68. The van der Waals surface area contributed by atoms with Crippen LogP contribution in [-0.2, 0) is 9.73 Å². The van der Waals surface area contributed by atoms with E-state index in [4.69, 9.17) is 5.73 Å². The molecule has 2 N–H and O–H groups in total. The monoisotopic (exact) mass is 122 g/mol. The smallest absolute Gasteiger partial charge is 0.0778 e. The Hall–Kier alpha value is -0.0900. The molecule has 0 aliphatic carbocycles. The van der Waals surface area contributed by atoms with Gasteiger partial charge in [-0.05, 0) is 0 Å². The van der Waals surface area contributed by atoms with Crippen LogP contribution in [0, 0.1) is 0 Å². The SMILES string of the molecule is CN=S(C)(=O)CN. The molecule has 0 aromatic rings. The Morgan fingerprint density at radius 2 is 2.29 bits per heavy atom. The van der Waals surface area contributed by atoms with Crippen LogP contribution >= 0.6 is 0 Å². The zero-order chi connectivity index (χ0) is 5.91. The summed E-state index contributed by atoms with van der Waals surface area (Å²) in [6.07, 6.45) is 1.53. The second kappa shape index (κ2) is 2.28. The van der Waals surface area contributed by atoms with Crippen LogP contribution in [0.15, 0.2) is 4.36 Å². The molecule has 0 saturated heterocycles. The fourth-order valence-electron chi connectivity index (χ4n) is 0.0745. The van der Waals surface area contributed by atoms with Gasteiger partial charge in [-0.2, -0.15) is 0 Å². The van der Waals surface area contributed by atoms with Crippen molar-refractivity contribution in [3.63, 3.8) is 0 Å². The van der Waals surface area contributed by atoms with Crippen LogP contribution < -0.4 is 5.73 Å². The van der Waals surface area contributed by atoms with Gasteiger partial charge in [0.05, 0.1) is 15.6 Å². The molecule has 3 nitrogen and oxygen atoms in total. The van der Waals surface area contributed by atoms with Crippen LogP contribution in [-0.4, -0.2) is 23.4 Å². The summed E-state index contributed by atoms with van der Waals surface area (Å²) in [4.78, 5) is 0. The molecule has 0 aromatic heterocycles. The van der Waals surface area contributed by atoms with Gasteiger partial charge >= 0.3 is 0 Å². The lowest BCUT2D eigenvalue weighted by atomic mass is 11.5. The van der Waals surface area contributed by atoms with Gasteiger partial charge in [0.15, 0.2) is 0 Å². The van der Waals surface area contributed by atoms with Gasteiger partial charge in [0.25, 0.3) is 0 Å². The van der Waals surface area contributed by atoms with E-state index in [1.54, 1.807) is 0 Å². The molecule has 0 aliphatic heterocycles. The van der Waals surface area contributed by atoms with Crippen molar-refractivity contribution in [2.24, 2.45) is 10.1 Å². The molecule has 1 atom stereocenters. The van der Waals surface area contributed by atoms with Gasteiger partial charge in [-0.15, -0.1) is 0 Å². The van der Waals surface area contributed by atoms with Crippen molar-refractivity contribution in [2.75, 3.05) is 19.2 Å².